The van der Waals surface area contributed by atoms with Crippen LogP contribution >= 0.6 is 11.3 Å². The van der Waals surface area contributed by atoms with Crippen molar-refractivity contribution in [3.05, 3.63) is 16.1 Å². The maximum absolute atomic E-state index is 4.65. The first-order chi connectivity index (χ1) is 7.67. The molecule has 1 saturated heterocycles. The highest BCUT2D eigenvalue weighted by Crippen LogP contribution is 2.22. The number of thiazole rings is 1. The molecule has 1 aromatic rings. The fraction of sp³-hybridized carbons (Fsp3) is 0.769. The van der Waals surface area contributed by atoms with Gasteiger partial charge in [0.2, 0.25) is 0 Å². The Kier molecular flexibility index (Phi) is 3.98. The zero-order valence-electron chi connectivity index (χ0n) is 10.6. The number of rotatable bonds is 3. The highest BCUT2D eigenvalue weighted by Gasteiger charge is 2.22. The van der Waals surface area contributed by atoms with Gasteiger partial charge in [0.25, 0.3) is 0 Å². The maximum Gasteiger partial charge on any atom is 0.0926 e. The van der Waals surface area contributed by atoms with Gasteiger partial charge in [-0.05, 0) is 24.7 Å². The largest absolute Gasteiger partial charge is 0.297 e. The van der Waals surface area contributed by atoms with E-state index in [4.69, 9.17) is 0 Å². The van der Waals surface area contributed by atoms with Crippen molar-refractivity contribution in [2.45, 2.75) is 40.2 Å². The molecule has 2 rings (SSSR count). The summed E-state index contributed by atoms with van der Waals surface area (Å²) >= 11 is 1.80. The minimum atomic E-state index is 0.841. The number of piperidine rings is 1. The Balaban J connectivity index is 1.93. The number of hydrogen-bond acceptors (Lipinski definition) is 3. The van der Waals surface area contributed by atoms with E-state index in [2.05, 4.69) is 36.0 Å². The summed E-state index contributed by atoms with van der Waals surface area (Å²) in [4.78, 5) is 7.21. The highest BCUT2D eigenvalue weighted by atomic mass is 32.1. The van der Waals surface area contributed by atoms with E-state index in [9.17, 15) is 0 Å². The predicted molar refractivity (Wildman–Crippen MR) is 69.7 cm³/mol. The van der Waals surface area contributed by atoms with Gasteiger partial charge in [0.05, 0.1) is 10.7 Å². The fourth-order valence-corrected chi connectivity index (χ4v) is 3.47. The molecule has 3 heteroatoms. The topological polar surface area (TPSA) is 16.1 Å². The summed E-state index contributed by atoms with van der Waals surface area (Å²) < 4.78 is 0. The summed E-state index contributed by atoms with van der Waals surface area (Å²) in [5, 5.41) is 3.50. The summed E-state index contributed by atoms with van der Waals surface area (Å²) in [5.41, 5.74) is 1.27. The Bertz CT molecular complexity index is 324. The van der Waals surface area contributed by atoms with E-state index in [0.29, 0.717) is 0 Å². The van der Waals surface area contributed by atoms with E-state index >= 15 is 0 Å². The Labute approximate surface area is 103 Å². The standard InChI is InChI=1S/C13H22N2S/c1-4-13-14-12(9-16-13)8-15-6-10(2)5-11(3)7-15/h9-11H,4-8H2,1-3H3/t10-,11-/m0/s1. The van der Waals surface area contributed by atoms with Crippen LogP contribution in [0.1, 0.15) is 37.9 Å². The first kappa shape index (κ1) is 12.1. The van der Waals surface area contributed by atoms with Crippen LogP contribution in [-0.2, 0) is 13.0 Å². The van der Waals surface area contributed by atoms with Crippen molar-refractivity contribution in [2.24, 2.45) is 11.8 Å². The number of aromatic nitrogens is 1. The molecule has 1 aliphatic rings. The van der Waals surface area contributed by atoms with Crippen molar-refractivity contribution in [1.82, 2.24) is 9.88 Å². The first-order valence-electron chi connectivity index (χ1n) is 6.33. The molecular weight excluding hydrogens is 216 g/mol. The van der Waals surface area contributed by atoms with Gasteiger partial charge in [-0.1, -0.05) is 20.8 Å². The number of nitrogens with zero attached hydrogens (tertiary/aromatic N) is 2. The average molecular weight is 238 g/mol. The quantitative estimate of drug-likeness (QED) is 0.804. The number of aryl methyl sites for hydroxylation is 1. The van der Waals surface area contributed by atoms with Crippen LogP contribution in [0.25, 0.3) is 0 Å². The summed E-state index contributed by atoms with van der Waals surface area (Å²) in [6, 6.07) is 0. The zero-order valence-corrected chi connectivity index (χ0v) is 11.4. The minimum absolute atomic E-state index is 0.841. The van der Waals surface area contributed by atoms with Crippen molar-refractivity contribution in [3.63, 3.8) is 0 Å². The minimum Gasteiger partial charge on any atom is -0.297 e. The molecule has 16 heavy (non-hydrogen) atoms. The molecule has 0 radical (unpaired) electrons. The van der Waals surface area contributed by atoms with E-state index in [-0.39, 0.29) is 0 Å². The Morgan fingerprint density at radius 1 is 1.38 bits per heavy atom. The average Bonchev–Trinajstić information content (AvgIpc) is 2.64. The highest BCUT2D eigenvalue weighted by molar-refractivity contribution is 7.09. The molecule has 0 aliphatic carbocycles. The molecule has 0 saturated carbocycles. The van der Waals surface area contributed by atoms with Crippen molar-refractivity contribution in [1.29, 1.82) is 0 Å². The number of hydrogen-bond donors (Lipinski definition) is 0. The molecule has 0 amide bonds. The zero-order chi connectivity index (χ0) is 11.5. The van der Waals surface area contributed by atoms with Crippen molar-refractivity contribution >= 4 is 11.3 Å². The molecule has 2 atom stereocenters. The lowest BCUT2D eigenvalue weighted by Crippen LogP contribution is -2.38. The third kappa shape index (κ3) is 3.05. The second-order valence-electron chi connectivity index (χ2n) is 5.23. The van der Waals surface area contributed by atoms with Crippen LogP contribution in [0.2, 0.25) is 0 Å². The molecule has 0 unspecified atom stereocenters. The molecule has 2 heterocycles. The van der Waals surface area contributed by atoms with Crippen LogP contribution in [0.15, 0.2) is 5.38 Å². The lowest BCUT2D eigenvalue weighted by atomic mass is 9.92. The summed E-state index contributed by atoms with van der Waals surface area (Å²) in [7, 11) is 0. The monoisotopic (exact) mass is 238 g/mol. The van der Waals surface area contributed by atoms with Crippen LogP contribution in [-0.4, -0.2) is 23.0 Å². The summed E-state index contributed by atoms with van der Waals surface area (Å²) in [6.45, 7) is 10.4. The number of likely N-dealkylation sites (tertiary alicyclic amines) is 1. The van der Waals surface area contributed by atoms with Gasteiger partial charge in [-0.25, -0.2) is 4.98 Å². The maximum atomic E-state index is 4.65. The van der Waals surface area contributed by atoms with Crippen LogP contribution in [0.5, 0.6) is 0 Å². The van der Waals surface area contributed by atoms with E-state index in [1.165, 1.54) is 30.2 Å². The second kappa shape index (κ2) is 5.28. The van der Waals surface area contributed by atoms with Gasteiger partial charge in [-0.2, -0.15) is 0 Å². The Morgan fingerprint density at radius 3 is 2.62 bits per heavy atom. The van der Waals surface area contributed by atoms with E-state index in [0.717, 1.165) is 24.8 Å². The molecule has 0 spiro atoms. The summed E-state index contributed by atoms with van der Waals surface area (Å²) in [6.07, 6.45) is 2.45. The lowest BCUT2D eigenvalue weighted by Gasteiger charge is -2.34. The normalized spacial score (nSPS) is 27.2. The van der Waals surface area contributed by atoms with E-state index < -0.39 is 0 Å². The molecule has 1 aliphatic heterocycles. The van der Waals surface area contributed by atoms with Gasteiger partial charge >= 0.3 is 0 Å². The van der Waals surface area contributed by atoms with Crippen molar-refractivity contribution in [2.75, 3.05) is 13.1 Å². The molecule has 1 fully saturated rings. The van der Waals surface area contributed by atoms with Gasteiger partial charge in [-0.3, -0.25) is 4.90 Å². The van der Waals surface area contributed by atoms with Crippen LogP contribution in [0.4, 0.5) is 0 Å². The van der Waals surface area contributed by atoms with Crippen LogP contribution in [0.3, 0.4) is 0 Å². The van der Waals surface area contributed by atoms with Gasteiger partial charge in [0, 0.05) is 25.0 Å². The van der Waals surface area contributed by atoms with Crippen molar-refractivity contribution < 1.29 is 0 Å². The fourth-order valence-electron chi connectivity index (χ4n) is 2.73. The third-order valence-electron chi connectivity index (χ3n) is 3.23. The molecule has 90 valence electrons. The van der Waals surface area contributed by atoms with E-state index in [1.807, 2.05) is 0 Å². The molecule has 0 bridgehead atoms. The van der Waals surface area contributed by atoms with Gasteiger partial charge in [0.15, 0.2) is 0 Å². The van der Waals surface area contributed by atoms with Gasteiger partial charge in [-0.15, -0.1) is 11.3 Å². The molecule has 2 nitrogen and oxygen atoms in total. The Hall–Kier alpha value is -0.410. The molecule has 0 N–H and O–H groups in total. The summed E-state index contributed by atoms with van der Waals surface area (Å²) in [5.74, 6) is 1.68. The van der Waals surface area contributed by atoms with Gasteiger partial charge < -0.3 is 0 Å². The van der Waals surface area contributed by atoms with Crippen LogP contribution < -0.4 is 0 Å². The molecular formula is C13H22N2S. The third-order valence-corrected chi connectivity index (χ3v) is 4.27. The van der Waals surface area contributed by atoms with Crippen molar-refractivity contribution in [3.8, 4) is 0 Å². The molecule has 1 aromatic heterocycles. The molecule has 0 aromatic carbocycles. The van der Waals surface area contributed by atoms with Gasteiger partial charge in [0.1, 0.15) is 0 Å². The SMILES string of the molecule is CCc1nc(CN2C[C@@H](C)C[C@H](C)C2)cs1. The smallest absolute Gasteiger partial charge is 0.0926 e. The Morgan fingerprint density at radius 2 is 2.06 bits per heavy atom. The van der Waals surface area contributed by atoms with Crippen LogP contribution in [0, 0.1) is 11.8 Å². The predicted octanol–water partition coefficient (Wildman–Crippen LogP) is 3.18. The lowest BCUT2D eigenvalue weighted by molar-refractivity contribution is 0.133. The first-order valence-corrected chi connectivity index (χ1v) is 7.21. The second-order valence-corrected chi connectivity index (χ2v) is 6.17. The van der Waals surface area contributed by atoms with E-state index in [1.54, 1.807) is 11.3 Å².